The molecule has 1 nitrogen and oxygen atoms in total. The van der Waals surface area contributed by atoms with Crippen molar-refractivity contribution in [3.8, 4) is 44.5 Å². The zero-order chi connectivity index (χ0) is 38.4. The summed E-state index contributed by atoms with van der Waals surface area (Å²) in [6.07, 6.45) is 0. The lowest BCUT2D eigenvalue weighted by Gasteiger charge is -2.27. The molecule has 0 unspecified atom stereocenters. The molecule has 0 N–H and O–H groups in total. The van der Waals surface area contributed by atoms with Gasteiger partial charge in [-0.3, -0.25) is 0 Å². The summed E-state index contributed by atoms with van der Waals surface area (Å²) in [6, 6.07) is 82.0. The van der Waals surface area contributed by atoms with E-state index in [2.05, 4.69) is 229 Å². The van der Waals surface area contributed by atoms with E-state index in [4.69, 9.17) is 0 Å². The maximum Gasteiger partial charge on any atom is 0.0467 e. The quantitative estimate of drug-likeness (QED) is 0.157. The normalized spacial score (nSPS) is 11.4. The largest absolute Gasteiger partial charge is 0.310 e. The van der Waals surface area contributed by atoms with Crippen LogP contribution < -0.4 is 4.90 Å². The predicted molar refractivity (Wildman–Crippen MR) is 251 cm³/mol. The third-order valence-corrected chi connectivity index (χ3v) is 12.6. The molecule has 0 saturated carbocycles. The fourth-order valence-electron chi connectivity index (χ4n) is 8.57. The smallest absolute Gasteiger partial charge is 0.0467 e. The van der Waals surface area contributed by atoms with Gasteiger partial charge in [0.25, 0.3) is 0 Å². The van der Waals surface area contributed by atoms with Crippen molar-refractivity contribution in [2.75, 3.05) is 4.90 Å². The molecule has 58 heavy (non-hydrogen) atoms. The number of hydrogen-bond donors (Lipinski definition) is 0. The van der Waals surface area contributed by atoms with Gasteiger partial charge in [-0.25, -0.2) is 0 Å². The van der Waals surface area contributed by atoms with Gasteiger partial charge >= 0.3 is 0 Å². The molecule has 10 aromatic carbocycles. The Labute approximate surface area is 342 Å². The molecule has 0 bridgehead atoms. The van der Waals surface area contributed by atoms with E-state index >= 15 is 0 Å². The molecule has 0 radical (unpaired) electrons. The molecule has 272 valence electrons. The molecule has 0 amide bonds. The Morgan fingerprint density at radius 1 is 0.276 bits per heavy atom. The summed E-state index contributed by atoms with van der Waals surface area (Å²) in [5.41, 5.74) is 13.0. The molecule has 0 aliphatic rings. The zero-order valence-electron chi connectivity index (χ0n) is 31.7. The molecule has 11 rings (SSSR count). The van der Waals surface area contributed by atoms with Gasteiger partial charge in [-0.1, -0.05) is 170 Å². The van der Waals surface area contributed by atoms with Crippen molar-refractivity contribution in [3.63, 3.8) is 0 Å². The van der Waals surface area contributed by atoms with Gasteiger partial charge in [-0.05, 0) is 121 Å². The van der Waals surface area contributed by atoms with Gasteiger partial charge in [0.2, 0.25) is 0 Å². The first-order chi connectivity index (χ1) is 28.7. The Bertz CT molecular complexity index is 3290. The van der Waals surface area contributed by atoms with E-state index in [1.54, 1.807) is 0 Å². The molecule has 0 saturated heterocycles. The summed E-state index contributed by atoms with van der Waals surface area (Å²) in [5, 5.41) is 7.63. The van der Waals surface area contributed by atoms with Crippen molar-refractivity contribution in [1.29, 1.82) is 0 Å². The number of nitrogens with zero attached hydrogens (tertiary/aromatic N) is 1. The molecule has 1 heterocycles. The Morgan fingerprint density at radius 2 is 0.810 bits per heavy atom. The molecule has 0 aliphatic carbocycles. The SMILES string of the molecule is c1cc(-c2cccc(N(c3ccc(-c4ccc5ccccc5c4)cc3)c3cccc(-c4cccc5ccccc45)c3)c2)cc(-c2cccc3c2sc2ccccc23)c1. The third kappa shape index (κ3) is 6.12. The lowest BCUT2D eigenvalue weighted by atomic mass is 9.96. The highest BCUT2D eigenvalue weighted by Crippen LogP contribution is 2.43. The van der Waals surface area contributed by atoms with E-state index in [1.165, 1.54) is 86.2 Å². The summed E-state index contributed by atoms with van der Waals surface area (Å²) in [7, 11) is 0. The first-order valence-corrected chi connectivity index (χ1v) is 20.6. The second-order valence-electron chi connectivity index (χ2n) is 14.9. The summed E-state index contributed by atoms with van der Waals surface area (Å²) >= 11 is 1.88. The third-order valence-electron chi connectivity index (χ3n) is 11.4. The number of fused-ring (bicyclic) bond motifs is 5. The van der Waals surface area contributed by atoms with Gasteiger partial charge in [0.15, 0.2) is 0 Å². The van der Waals surface area contributed by atoms with Crippen molar-refractivity contribution in [2.24, 2.45) is 0 Å². The van der Waals surface area contributed by atoms with Crippen LogP contribution in [0.1, 0.15) is 0 Å². The predicted octanol–water partition coefficient (Wildman–Crippen LogP) is 16.5. The molecular formula is C56H37NS. The molecule has 0 fully saturated rings. The first-order valence-electron chi connectivity index (χ1n) is 19.8. The van der Waals surface area contributed by atoms with Crippen LogP contribution in [0, 0.1) is 0 Å². The fourth-order valence-corrected chi connectivity index (χ4v) is 9.81. The van der Waals surface area contributed by atoms with E-state index in [0.717, 1.165) is 17.1 Å². The van der Waals surface area contributed by atoms with Crippen molar-refractivity contribution >= 4 is 70.1 Å². The van der Waals surface area contributed by atoms with Gasteiger partial charge in [0.1, 0.15) is 0 Å². The Morgan fingerprint density at radius 3 is 1.64 bits per heavy atom. The molecule has 11 aromatic rings. The average Bonchev–Trinajstić information content (AvgIpc) is 3.68. The highest BCUT2D eigenvalue weighted by molar-refractivity contribution is 7.26. The standard InChI is InChI=1S/C56H37NS/c1-2-14-41-34-44(29-28-38(41)12-1)39-30-32-47(33-31-39)57(49-21-9-19-46(37-49)51-24-10-15-40-13-3-4-22-50(40)51)48-20-8-17-43(36-48)42-16-7-18-45(35-42)52-25-11-26-54-53-23-5-6-27-55(53)58-56(52)54/h1-37H. The topological polar surface area (TPSA) is 3.24 Å². The van der Waals surface area contributed by atoms with Crippen molar-refractivity contribution in [2.45, 2.75) is 0 Å². The molecule has 2 heteroatoms. The Hall–Kier alpha value is -7.26. The van der Waals surface area contributed by atoms with Gasteiger partial charge in [0.05, 0.1) is 0 Å². The van der Waals surface area contributed by atoms with Gasteiger partial charge in [0, 0.05) is 37.2 Å². The zero-order valence-corrected chi connectivity index (χ0v) is 32.5. The monoisotopic (exact) mass is 755 g/mol. The van der Waals surface area contributed by atoms with Crippen LogP contribution in [0.15, 0.2) is 224 Å². The molecule has 0 atom stereocenters. The lowest BCUT2D eigenvalue weighted by molar-refractivity contribution is 1.28. The van der Waals surface area contributed by atoms with E-state index < -0.39 is 0 Å². The highest BCUT2D eigenvalue weighted by atomic mass is 32.1. The van der Waals surface area contributed by atoms with Crippen LogP contribution in [0.5, 0.6) is 0 Å². The first kappa shape index (κ1) is 34.0. The van der Waals surface area contributed by atoms with Gasteiger partial charge in [-0.2, -0.15) is 0 Å². The second kappa shape index (κ2) is 14.4. The van der Waals surface area contributed by atoms with Gasteiger partial charge in [-0.15, -0.1) is 11.3 Å². The van der Waals surface area contributed by atoms with Crippen LogP contribution in [0.25, 0.3) is 86.2 Å². The minimum absolute atomic E-state index is 1.10. The van der Waals surface area contributed by atoms with E-state index in [1.807, 2.05) is 11.3 Å². The van der Waals surface area contributed by atoms with Crippen molar-refractivity contribution in [3.05, 3.63) is 224 Å². The van der Waals surface area contributed by atoms with Crippen LogP contribution in [0.3, 0.4) is 0 Å². The average molecular weight is 756 g/mol. The molecule has 1 aromatic heterocycles. The van der Waals surface area contributed by atoms with Crippen LogP contribution in [0.4, 0.5) is 17.1 Å². The molecular weight excluding hydrogens is 719 g/mol. The van der Waals surface area contributed by atoms with E-state index in [9.17, 15) is 0 Å². The maximum atomic E-state index is 2.39. The summed E-state index contributed by atoms with van der Waals surface area (Å²) in [6.45, 7) is 0. The molecule has 0 aliphatic heterocycles. The van der Waals surface area contributed by atoms with Crippen LogP contribution in [0.2, 0.25) is 0 Å². The summed E-state index contributed by atoms with van der Waals surface area (Å²) < 4.78 is 2.66. The number of hydrogen-bond acceptors (Lipinski definition) is 2. The molecule has 0 spiro atoms. The van der Waals surface area contributed by atoms with Crippen LogP contribution in [-0.2, 0) is 0 Å². The lowest BCUT2D eigenvalue weighted by Crippen LogP contribution is -2.10. The second-order valence-corrected chi connectivity index (χ2v) is 16.0. The number of thiophene rings is 1. The summed E-state index contributed by atoms with van der Waals surface area (Å²) in [5.74, 6) is 0. The fraction of sp³-hybridized carbons (Fsp3) is 0. The van der Waals surface area contributed by atoms with Crippen molar-refractivity contribution < 1.29 is 0 Å². The maximum absolute atomic E-state index is 2.39. The minimum atomic E-state index is 1.10. The number of anilines is 3. The highest BCUT2D eigenvalue weighted by Gasteiger charge is 2.17. The van der Waals surface area contributed by atoms with Crippen molar-refractivity contribution in [1.82, 2.24) is 0 Å². The van der Waals surface area contributed by atoms with Crippen LogP contribution in [-0.4, -0.2) is 0 Å². The summed E-state index contributed by atoms with van der Waals surface area (Å²) in [4.78, 5) is 2.39. The number of benzene rings is 10. The Balaban J connectivity index is 1.02. The van der Waals surface area contributed by atoms with E-state index in [0.29, 0.717) is 0 Å². The van der Waals surface area contributed by atoms with Crippen LogP contribution >= 0.6 is 11.3 Å². The minimum Gasteiger partial charge on any atom is -0.310 e. The number of rotatable bonds is 7. The van der Waals surface area contributed by atoms with Gasteiger partial charge < -0.3 is 4.90 Å². The Kier molecular flexibility index (Phi) is 8.42. The van der Waals surface area contributed by atoms with E-state index in [-0.39, 0.29) is 0 Å².